The normalized spacial score (nSPS) is 13.3. The predicted molar refractivity (Wildman–Crippen MR) is 140 cm³/mol. The number of rotatable bonds is 7. The molecule has 0 spiro atoms. The lowest BCUT2D eigenvalue weighted by Crippen LogP contribution is -2.23. The molecule has 4 rings (SSSR count). The maximum Gasteiger partial charge on any atom is 0.537 e. The SMILES string of the molecule is Cc1cc(C)c(-c2c(CN(C)[C@@H](C)c3ccccc3)ccc3ccccc23)c(S(=O)(=O)OC(F)(F)F)c1. The monoisotopic (exact) mass is 527 g/mol. The summed E-state index contributed by atoms with van der Waals surface area (Å²) in [5.74, 6) is 0. The molecule has 1 atom stereocenters. The van der Waals surface area contributed by atoms with Crippen molar-refractivity contribution in [3.63, 3.8) is 0 Å². The summed E-state index contributed by atoms with van der Waals surface area (Å²) in [4.78, 5) is 1.62. The summed E-state index contributed by atoms with van der Waals surface area (Å²) < 4.78 is 68.9. The van der Waals surface area contributed by atoms with Crippen molar-refractivity contribution < 1.29 is 25.8 Å². The molecule has 0 aliphatic carbocycles. The van der Waals surface area contributed by atoms with Crippen LogP contribution < -0.4 is 0 Å². The Morgan fingerprint density at radius 2 is 1.54 bits per heavy atom. The Labute approximate surface area is 215 Å². The largest absolute Gasteiger partial charge is 0.537 e. The van der Waals surface area contributed by atoms with Crippen molar-refractivity contribution in [1.82, 2.24) is 4.90 Å². The number of aryl methyl sites for hydroxylation is 2. The van der Waals surface area contributed by atoms with Gasteiger partial charge in [-0.2, -0.15) is 12.6 Å². The van der Waals surface area contributed by atoms with Crippen LogP contribution in [0.1, 0.15) is 35.2 Å². The van der Waals surface area contributed by atoms with Gasteiger partial charge >= 0.3 is 16.5 Å². The molecule has 4 aromatic carbocycles. The molecule has 0 fully saturated rings. The minimum atomic E-state index is -5.35. The third-order valence-electron chi connectivity index (χ3n) is 6.55. The van der Waals surface area contributed by atoms with Gasteiger partial charge in [-0.25, -0.2) is 0 Å². The van der Waals surface area contributed by atoms with Crippen molar-refractivity contribution in [3.05, 3.63) is 101 Å². The van der Waals surface area contributed by atoms with Gasteiger partial charge in [0.2, 0.25) is 0 Å². The van der Waals surface area contributed by atoms with Crippen LogP contribution >= 0.6 is 0 Å². The first-order valence-corrected chi connectivity index (χ1v) is 13.2. The predicted octanol–water partition coefficient (Wildman–Crippen LogP) is 7.54. The van der Waals surface area contributed by atoms with E-state index in [2.05, 4.69) is 16.0 Å². The van der Waals surface area contributed by atoms with Crippen LogP contribution in [0.25, 0.3) is 21.9 Å². The number of nitrogens with zero attached hydrogens (tertiary/aromatic N) is 1. The maximum absolute atomic E-state index is 13.1. The highest BCUT2D eigenvalue weighted by Gasteiger charge is 2.39. The molecule has 0 unspecified atom stereocenters. The van der Waals surface area contributed by atoms with Crippen LogP contribution in [0.5, 0.6) is 0 Å². The van der Waals surface area contributed by atoms with Gasteiger partial charge in [0.15, 0.2) is 0 Å². The molecule has 4 nitrogen and oxygen atoms in total. The lowest BCUT2D eigenvalue weighted by atomic mass is 9.89. The molecule has 0 radical (unpaired) electrons. The van der Waals surface area contributed by atoms with Gasteiger partial charge in [-0.3, -0.25) is 4.90 Å². The molecule has 4 aromatic rings. The van der Waals surface area contributed by atoms with Crippen LogP contribution in [0.3, 0.4) is 0 Å². The first-order chi connectivity index (χ1) is 17.4. The van der Waals surface area contributed by atoms with Crippen LogP contribution in [0, 0.1) is 13.8 Å². The highest BCUT2D eigenvalue weighted by molar-refractivity contribution is 7.87. The highest BCUT2D eigenvalue weighted by atomic mass is 32.2. The number of fused-ring (bicyclic) bond motifs is 1. The molecule has 0 aromatic heterocycles. The van der Waals surface area contributed by atoms with Crippen molar-refractivity contribution >= 4 is 20.9 Å². The summed E-state index contributed by atoms with van der Waals surface area (Å²) in [6.07, 6.45) is -5.35. The van der Waals surface area contributed by atoms with Crippen LogP contribution in [-0.2, 0) is 20.8 Å². The third-order valence-corrected chi connectivity index (χ3v) is 7.81. The van der Waals surface area contributed by atoms with Crippen molar-refractivity contribution in [1.29, 1.82) is 0 Å². The van der Waals surface area contributed by atoms with Crippen molar-refractivity contribution in [2.75, 3.05) is 7.05 Å². The second-order valence-corrected chi connectivity index (χ2v) is 10.8. The van der Waals surface area contributed by atoms with Gasteiger partial charge in [0.05, 0.1) is 0 Å². The zero-order chi connectivity index (χ0) is 27.0. The average Bonchev–Trinajstić information content (AvgIpc) is 2.82. The van der Waals surface area contributed by atoms with E-state index in [-0.39, 0.29) is 11.6 Å². The second-order valence-electron chi connectivity index (χ2n) is 9.26. The topological polar surface area (TPSA) is 46.6 Å². The molecule has 0 saturated heterocycles. The Balaban J connectivity index is 1.95. The number of halogens is 3. The van der Waals surface area contributed by atoms with Crippen LogP contribution in [0.2, 0.25) is 0 Å². The van der Waals surface area contributed by atoms with E-state index in [9.17, 15) is 21.6 Å². The molecule has 0 bridgehead atoms. The van der Waals surface area contributed by atoms with E-state index in [4.69, 9.17) is 0 Å². The first kappa shape index (κ1) is 26.9. The van der Waals surface area contributed by atoms with Crippen molar-refractivity contribution in [2.24, 2.45) is 0 Å². The van der Waals surface area contributed by atoms with E-state index >= 15 is 0 Å². The minimum absolute atomic E-state index is 0.0383. The van der Waals surface area contributed by atoms with E-state index in [1.165, 1.54) is 6.07 Å². The van der Waals surface area contributed by atoms with Crippen LogP contribution in [-0.4, -0.2) is 26.7 Å². The van der Waals surface area contributed by atoms with Gasteiger partial charge in [0, 0.05) is 18.2 Å². The zero-order valence-electron chi connectivity index (χ0n) is 21.0. The van der Waals surface area contributed by atoms with E-state index in [1.54, 1.807) is 19.9 Å². The molecule has 0 amide bonds. The molecule has 0 heterocycles. The van der Waals surface area contributed by atoms with Gasteiger partial charge in [-0.1, -0.05) is 72.8 Å². The molecule has 8 heteroatoms. The molecular weight excluding hydrogens is 499 g/mol. The average molecular weight is 528 g/mol. The number of hydrogen-bond acceptors (Lipinski definition) is 4. The Hall–Kier alpha value is -3.20. The Morgan fingerprint density at radius 1 is 0.892 bits per heavy atom. The third kappa shape index (κ3) is 5.87. The molecule has 0 saturated carbocycles. The number of alkyl halides is 3. The lowest BCUT2D eigenvalue weighted by Gasteiger charge is -2.27. The molecule has 0 N–H and O–H groups in total. The Bertz CT molecular complexity index is 1530. The standard InChI is InChI=1S/C29H28F3NO3S/c1-19-16-20(2)27(26(17-19)37(34,35)36-29(30,31)32)28-24(15-14-23-12-8-9-13-25(23)28)18-33(4)21(3)22-10-6-5-7-11-22/h5-17,21H,18H2,1-4H3/t21-/m0/s1. The van der Waals surface area contributed by atoms with E-state index in [0.717, 1.165) is 21.9 Å². The second kappa shape index (κ2) is 10.3. The fourth-order valence-electron chi connectivity index (χ4n) is 4.75. The van der Waals surface area contributed by atoms with Gasteiger partial charge in [0.25, 0.3) is 0 Å². The lowest BCUT2D eigenvalue weighted by molar-refractivity contribution is -0.271. The number of hydrogen-bond donors (Lipinski definition) is 0. The van der Waals surface area contributed by atoms with Gasteiger partial charge < -0.3 is 0 Å². The first-order valence-electron chi connectivity index (χ1n) is 11.8. The van der Waals surface area contributed by atoms with E-state index in [0.29, 0.717) is 23.2 Å². The van der Waals surface area contributed by atoms with E-state index in [1.807, 2.05) is 73.8 Å². The fourth-order valence-corrected chi connectivity index (χ4v) is 5.93. The molecular formula is C29H28F3NO3S. The molecule has 0 aliphatic heterocycles. The van der Waals surface area contributed by atoms with Crippen molar-refractivity contribution in [2.45, 2.75) is 44.6 Å². The Morgan fingerprint density at radius 3 is 2.22 bits per heavy atom. The van der Waals surface area contributed by atoms with Gasteiger partial charge in [0.1, 0.15) is 4.90 Å². The molecule has 0 aliphatic rings. The van der Waals surface area contributed by atoms with Crippen LogP contribution in [0.15, 0.2) is 83.8 Å². The van der Waals surface area contributed by atoms with E-state index < -0.39 is 21.4 Å². The number of benzene rings is 4. The highest BCUT2D eigenvalue weighted by Crippen LogP contribution is 2.41. The zero-order valence-corrected chi connectivity index (χ0v) is 21.8. The molecule has 37 heavy (non-hydrogen) atoms. The minimum Gasteiger partial charge on any atom is -0.295 e. The summed E-state index contributed by atoms with van der Waals surface area (Å²) in [5.41, 5.74) is 3.75. The molecule has 194 valence electrons. The summed E-state index contributed by atoms with van der Waals surface area (Å²) in [7, 11) is -3.19. The van der Waals surface area contributed by atoms with Crippen LogP contribution in [0.4, 0.5) is 13.2 Å². The maximum atomic E-state index is 13.1. The smallest absolute Gasteiger partial charge is 0.295 e. The quantitative estimate of drug-likeness (QED) is 0.233. The summed E-state index contributed by atoms with van der Waals surface area (Å²) in [5, 5.41) is 1.59. The summed E-state index contributed by atoms with van der Waals surface area (Å²) >= 11 is 0. The summed E-state index contributed by atoms with van der Waals surface area (Å²) in [6.45, 7) is 5.85. The van der Waals surface area contributed by atoms with Crippen molar-refractivity contribution in [3.8, 4) is 11.1 Å². The van der Waals surface area contributed by atoms with Gasteiger partial charge in [-0.05, 0) is 72.5 Å². The fraction of sp³-hybridized carbons (Fsp3) is 0.241. The Kier molecular flexibility index (Phi) is 7.46. The summed E-state index contributed by atoms with van der Waals surface area (Å²) in [6, 6.07) is 24.3. The van der Waals surface area contributed by atoms with Gasteiger partial charge in [-0.15, -0.1) is 13.2 Å².